The van der Waals surface area contributed by atoms with Crippen LogP contribution >= 0.6 is 0 Å². The summed E-state index contributed by atoms with van der Waals surface area (Å²) in [7, 11) is 0. The third kappa shape index (κ3) is 9.55. The summed E-state index contributed by atoms with van der Waals surface area (Å²) >= 11 is 0. The van der Waals surface area contributed by atoms with Crippen LogP contribution in [-0.4, -0.2) is 53.0 Å². The maximum absolute atomic E-state index is 0. The molecule has 21 valence electrons. The average molecular weight is 238 g/mol. The summed E-state index contributed by atoms with van der Waals surface area (Å²) in [5.41, 5.74) is 0. The summed E-state index contributed by atoms with van der Waals surface area (Å²) in [5.74, 6) is 0. The first-order valence-electron chi connectivity index (χ1n) is 0. The van der Waals surface area contributed by atoms with E-state index >= 15 is 0 Å². The first-order chi connectivity index (χ1) is 0. The summed E-state index contributed by atoms with van der Waals surface area (Å²) < 4.78 is 0. The summed E-state index contributed by atoms with van der Waals surface area (Å²) in [6.45, 7) is 0. The SMILES string of the molecule is C.[Ge].[Sb].[Si]. The van der Waals surface area contributed by atoms with Crippen LogP contribution in [0, 0.1) is 0 Å². The first-order valence-corrected chi connectivity index (χ1v) is 0. The van der Waals surface area contributed by atoms with Gasteiger partial charge in [-0.1, -0.05) is 7.43 Å². The van der Waals surface area contributed by atoms with E-state index in [4.69, 9.17) is 0 Å². The second-order valence-corrected chi connectivity index (χ2v) is 0. The number of rotatable bonds is 0. The largest absolute Gasteiger partial charge is 0.0776 e. The predicted molar refractivity (Wildman–Crippen MR) is 24.0 cm³/mol. The van der Waals surface area contributed by atoms with E-state index in [9.17, 15) is 0 Å². The first kappa shape index (κ1) is 47.0. The Hall–Kier alpha value is 1.58. The van der Waals surface area contributed by atoms with Crippen molar-refractivity contribution < 1.29 is 0 Å². The second kappa shape index (κ2) is 23.5. The monoisotopic (exact) mass is 239 g/mol. The quantitative estimate of drug-likeness (QED) is 0.499. The number of hydrogen-bond donors (Lipinski definition) is 0. The summed E-state index contributed by atoms with van der Waals surface area (Å²) in [6.07, 6.45) is 0. The summed E-state index contributed by atoms with van der Waals surface area (Å²) in [5, 5.41) is 0. The zero-order valence-corrected chi connectivity index (χ0v) is 7.10. The van der Waals surface area contributed by atoms with Crippen molar-refractivity contribution in [1.82, 2.24) is 0 Å². The normalized spacial score (nSPS) is 0. The van der Waals surface area contributed by atoms with Gasteiger partial charge in [-0.25, -0.2) is 0 Å². The van der Waals surface area contributed by atoms with Crippen molar-refractivity contribution in [3.8, 4) is 0 Å². The van der Waals surface area contributed by atoms with E-state index in [0.717, 1.165) is 0 Å². The molecule has 0 spiro atoms. The van der Waals surface area contributed by atoms with Gasteiger partial charge in [0.2, 0.25) is 0 Å². The van der Waals surface area contributed by atoms with Gasteiger partial charge in [-0.2, -0.15) is 0 Å². The molecule has 0 bridgehead atoms. The van der Waals surface area contributed by atoms with Crippen LogP contribution in [0.2, 0.25) is 0 Å². The van der Waals surface area contributed by atoms with Gasteiger partial charge in [-0.15, -0.1) is 0 Å². The Bertz CT molecular complexity index is 8.00. The molecule has 0 nitrogen and oxygen atoms in total. The van der Waals surface area contributed by atoms with Gasteiger partial charge < -0.3 is 0 Å². The summed E-state index contributed by atoms with van der Waals surface area (Å²) in [6, 6.07) is 0. The molecule has 0 saturated heterocycles. The molecule has 0 saturated carbocycles. The fourth-order valence-corrected chi connectivity index (χ4v) is 0. The summed E-state index contributed by atoms with van der Waals surface area (Å²) in [4.78, 5) is 0. The van der Waals surface area contributed by atoms with Gasteiger partial charge in [0.25, 0.3) is 0 Å². The van der Waals surface area contributed by atoms with Crippen LogP contribution in [0.5, 0.6) is 0 Å². The molecule has 4 heavy (non-hydrogen) atoms. The Labute approximate surface area is 60.2 Å². The van der Waals surface area contributed by atoms with Crippen molar-refractivity contribution in [2.24, 2.45) is 0 Å². The second-order valence-electron chi connectivity index (χ2n) is 0. The van der Waals surface area contributed by atoms with Crippen molar-refractivity contribution in [2.75, 3.05) is 0 Å². The molecule has 0 N–H and O–H groups in total. The van der Waals surface area contributed by atoms with Gasteiger partial charge >= 0.3 is 0 Å². The molecular formula is CH4GeSbSi. The molecular weight excluding hydrogens is 234 g/mol. The van der Waals surface area contributed by atoms with E-state index < -0.39 is 0 Å². The Balaban J connectivity index is 0. The van der Waals surface area contributed by atoms with Gasteiger partial charge in [0.05, 0.1) is 0 Å². The predicted octanol–water partition coefficient (Wildman–Crippen LogP) is -0.506. The van der Waals surface area contributed by atoms with Crippen LogP contribution < -0.4 is 0 Å². The topological polar surface area (TPSA) is 0 Å². The zero-order chi connectivity index (χ0) is 0. The Kier molecular flexibility index (Phi) is 276. The van der Waals surface area contributed by atoms with Crippen LogP contribution in [0.1, 0.15) is 7.43 Å². The molecule has 0 aliphatic carbocycles. The van der Waals surface area contributed by atoms with Crippen molar-refractivity contribution in [3.63, 3.8) is 0 Å². The molecule has 0 aliphatic heterocycles. The molecule has 0 unspecified atom stereocenters. The van der Waals surface area contributed by atoms with Crippen molar-refractivity contribution in [3.05, 3.63) is 0 Å². The molecule has 0 aliphatic rings. The van der Waals surface area contributed by atoms with E-state index in [1.807, 2.05) is 0 Å². The minimum Gasteiger partial charge on any atom is -0.0776 e. The maximum atomic E-state index is 0. The van der Waals surface area contributed by atoms with Gasteiger partial charge in [0.15, 0.2) is 0 Å². The fourth-order valence-electron chi connectivity index (χ4n) is 0. The van der Waals surface area contributed by atoms with Crippen LogP contribution in [0.15, 0.2) is 0 Å². The minimum absolute atomic E-state index is 0. The van der Waals surface area contributed by atoms with Crippen LogP contribution in [-0.2, 0) is 0 Å². The third-order valence-electron chi connectivity index (χ3n) is 0. The van der Waals surface area contributed by atoms with Crippen molar-refractivity contribution >= 4 is 53.0 Å². The van der Waals surface area contributed by atoms with Crippen LogP contribution in [0.4, 0.5) is 0 Å². The van der Waals surface area contributed by atoms with E-state index in [0.29, 0.717) is 0 Å². The Morgan fingerprint density at radius 1 is 1.00 bits per heavy atom. The molecule has 0 fully saturated rings. The maximum Gasteiger partial charge on any atom is 0 e. The fraction of sp³-hybridized carbons (Fsp3) is 1.00. The molecule has 0 amide bonds. The molecule has 11 radical (unpaired) electrons. The Morgan fingerprint density at radius 3 is 1.00 bits per heavy atom. The average Bonchev–Trinajstić information content (AvgIpc) is 0. The smallest absolute Gasteiger partial charge is 0 e. The zero-order valence-electron chi connectivity index (χ0n) is 1.45. The van der Waals surface area contributed by atoms with Crippen molar-refractivity contribution in [2.45, 2.75) is 7.43 Å². The van der Waals surface area contributed by atoms with Gasteiger partial charge in [-0.3, -0.25) is 0 Å². The molecule has 0 aromatic heterocycles. The van der Waals surface area contributed by atoms with E-state index in [1.54, 1.807) is 0 Å². The van der Waals surface area contributed by atoms with E-state index in [-0.39, 0.29) is 60.4 Å². The molecule has 0 aromatic carbocycles. The minimum atomic E-state index is 0. The van der Waals surface area contributed by atoms with E-state index in [2.05, 4.69) is 0 Å². The van der Waals surface area contributed by atoms with Crippen molar-refractivity contribution in [1.29, 1.82) is 0 Å². The van der Waals surface area contributed by atoms with Gasteiger partial charge in [0.1, 0.15) is 0 Å². The molecule has 0 atom stereocenters. The van der Waals surface area contributed by atoms with Crippen LogP contribution in [0.25, 0.3) is 0 Å². The van der Waals surface area contributed by atoms with Gasteiger partial charge in [-0.05, 0) is 0 Å². The molecule has 0 aromatic rings. The molecule has 0 heterocycles. The number of hydrogen-bond acceptors (Lipinski definition) is 0. The Morgan fingerprint density at radius 2 is 1.00 bits per heavy atom. The standard InChI is InChI=1S/CH4.Ge.Sb.Si/h1H4;;;. The third-order valence-corrected chi connectivity index (χ3v) is 0. The molecule has 0 rings (SSSR count). The van der Waals surface area contributed by atoms with Gasteiger partial charge in [0, 0.05) is 53.0 Å². The molecule has 3 heteroatoms. The van der Waals surface area contributed by atoms with Crippen LogP contribution in [0.3, 0.4) is 0 Å². The van der Waals surface area contributed by atoms with E-state index in [1.165, 1.54) is 0 Å².